The van der Waals surface area contributed by atoms with Crippen LogP contribution in [0.15, 0.2) is 231 Å². The Morgan fingerprint density at radius 2 is 0.810 bits per heavy atom. The Morgan fingerprint density at radius 1 is 0.310 bits per heavy atom. The smallest absolute Gasteiger partial charge is 0.0547 e. The predicted molar refractivity (Wildman–Crippen MR) is 247 cm³/mol. The number of para-hydroxylation sites is 3. The third-order valence-corrected chi connectivity index (χ3v) is 11.6. The van der Waals surface area contributed by atoms with Gasteiger partial charge in [0, 0.05) is 33.3 Å². The molecule has 0 fully saturated rings. The Bertz CT molecular complexity index is 3240. The van der Waals surface area contributed by atoms with Crippen molar-refractivity contribution < 1.29 is 0 Å². The molecule has 10 aromatic carbocycles. The molecule has 0 aliphatic rings. The first-order chi connectivity index (χ1) is 28.8. The van der Waals surface area contributed by atoms with Gasteiger partial charge in [-0.25, -0.2) is 0 Å². The van der Waals surface area contributed by atoms with Gasteiger partial charge in [-0.15, -0.1) is 0 Å². The Kier molecular flexibility index (Phi) is 8.19. The molecule has 58 heavy (non-hydrogen) atoms. The van der Waals surface area contributed by atoms with Crippen LogP contribution in [0.3, 0.4) is 0 Å². The highest BCUT2D eigenvalue weighted by atomic mass is 15.1. The lowest BCUT2D eigenvalue weighted by atomic mass is 9.93. The third-order valence-electron chi connectivity index (χ3n) is 11.6. The van der Waals surface area contributed by atoms with Gasteiger partial charge in [0.25, 0.3) is 0 Å². The van der Waals surface area contributed by atoms with Crippen LogP contribution in [0.1, 0.15) is 0 Å². The summed E-state index contributed by atoms with van der Waals surface area (Å²) in [5, 5.41) is 7.37. The molecule has 0 unspecified atom stereocenters. The van der Waals surface area contributed by atoms with E-state index in [-0.39, 0.29) is 0 Å². The van der Waals surface area contributed by atoms with E-state index < -0.39 is 0 Å². The first-order valence-corrected chi connectivity index (χ1v) is 19.9. The largest absolute Gasteiger partial charge is 0.310 e. The topological polar surface area (TPSA) is 8.17 Å². The fourth-order valence-corrected chi connectivity index (χ4v) is 8.96. The van der Waals surface area contributed by atoms with Crippen molar-refractivity contribution in [1.82, 2.24) is 4.57 Å². The Morgan fingerprint density at radius 3 is 1.55 bits per heavy atom. The second-order valence-electron chi connectivity index (χ2n) is 14.9. The Labute approximate surface area is 338 Å². The minimum atomic E-state index is 1.08. The maximum atomic E-state index is 2.46. The van der Waals surface area contributed by atoms with E-state index in [9.17, 15) is 0 Å². The zero-order valence-corrected chi connectivity index (χ0v) is 31.8. The van der Waals surface area contributed by atoms with Crippen molar-refractivity contribution in [3.63, 3.8) is 0 Å². The molecule has 1 aromatic heterocycles. The molecule has 2 nitrogen and oxygen atoms in total. The summed E-state index contributed by atoms with van der Waals surface area (Å²) in [6.45, 7) is 0. The van der Waals surface area contributed by atoms with Crippen LogP contribution in [0.4, 0.5) is 17.1 Å². The summed E-state index contributed by atoms with van der Waals surface area (Å²) in [5.41, 5.74) is 13.9. The number of fused-ring (bicyclic) bond motifs is 5. The standard InChI is InChI=1S/C56H38N2/c1-2-17-39(18-3-1)42-22-14-24-44(37-42)57(45-25-15-23-43(38-45)47-31-16-21-40-19-4-6-26-46(40)47)54-34-13-10-30-51(54)56-48-27-7-5-20-41(48)35-36-55(56)58-52-32-11-8-28-49(52)50-29-9-12-33-53(50)58/h1-38H. The van der Waals surface area contributed by atoms with E-state index in [2.05, 4.69) is 240 Å². The van der Waals surface area contributed by atoms with Crippen LogP contribution in [0.5, 0.6) is 0 Å². The second kappa shape index (κ2) is 14.1. The highest BCUT2D eigenvalue weighted by molar-refractivity contribution is 6.12. The van der Waals surface area contributed by atoms with Crippen LogP contribution < -0.4 is 4.90 Å². The molecular weight excluding hydrogens is 701 g/mol. The van der Waals surface area contributed by atoms with Gasteiger partial charge < -0.3 is 9.47 Å². The monoisotopic (exact) mass is 738 g/mol. The molecule has 2 heteroatoms. The number of nitrogens with zero attached hydrogens (tertiary/aromatic N) is 2. The van der Waals surface area contributed by atoms with Crippen molar-refractivity contribution in [3.8, 4) is 39.1 Å². The van der Waals surface area contributed by atoms with E-state index in [4.69, 9.17) is 0 Å². The second-order valence-corrected chi connectivity index (χ2v) is 14.9. The van der Waals surface area contributed by atoms with Gasteiger partial charge in [-0.1, -0.05) is 182 Å². The fourth-order valence-electron chi connectivity index (χ4n) is 8.96. The van der Waals surface area contributed by atoms with Crippen LogP contribution in [0.25, 0.3) is 82.4 Å². The number of benzene rings is 10. The van der Waals surface area contributed by atoms with Gasteiger partial charge in [-0.2, -0.15) is 0 Å². The molecule has 0 saturated heterocycles. The Balaban J connectivity index is 1.20. The van der Waals surface area contributed by atoms with Gasteiger partial charge in [0.2, 0.25) is 0 Å². The maximum absolute atomic E-state index is 2.46. The molecule has 0 N–H and O–H groups in total. The summed E-state index contributed by atoms with van der Waals surface area (Å²) in [5.74, 6) is 0. The van der Waals surface area contributed by atoms with Crippen LogP contribution in [-0.4, -0.2) is 4.57 Å². The highest BCUT2D eigenvalue weighted by Gasteiger charge is 2.23. The maximum Gasteiger partial charge on any atom is 0.0547 e. The lowest BCUT2D eigenvalue weighted by Gasteiger charge is -2.30. The van der Waals surface area contributed by atoms with E-state index in [1.165, 1.54) is 71.2 Å². The van der Waals surface area contributed by atoms with Crippen LogP contribution in [0.2, 0.25) is 0 Å². The van der Waals surface area contributed by atoms with Crippen molar-refractivity contribution >= 4 is 60.4 Å². The SMILES string of the molecule is c1ccc(-c2cccc(N(c3cccc(-c4cccc5ccccc45)c3)c3ccccc3-c3c(-n4c5ccccc5c5ccccc54)ccc4ccccc34)c2)cc1. The van der Waals surface area contributed by atoms with E-state index in [1.807, 2.05) is 0 Å². The molecular formula is C56H38N2. The molecule has 272 valence electrons. The van der Waals surface area contributed by atoms with Crippen molar-refractivity contribution in [1.29, 1.82) is 0 Å². The summed E-state index contributed by atoms with van der Waals surface area (Å²) in [6.07, 6.45) is 0. The van der Waals surface area contributed by atoms with Crippen molar-refractivity contribution in [3.05, 3.63) is 231 Å². The van der Waals surface area contributed by atoms with E-state index in [0.29, 0.717) is 0 Å². The van der Waals surface area contributed by atoms with Crippen molar-refractivity contribution in [2.75, 3.05) is 4.90 Å². The lowest BCUT2D eigenvalue weighted by molar-refractivity contribution is 1.18. The third kappa shape index (κ3) is 5.66. The average Bonchev–Trinajstić information content (AvgIpc) is 3.63. The minimum absolute atomic E-state index is 1.08. The zero-order valence-electron chi connectivity index (χ0n) is 31.8. The summed E-state index contributed by atoms with van der Waals surface area (Å²) in [6, 6.07) is 83.8. The molecule has 0 aliphatic heterocycles. The van der Waals surface area contributed by atoms with Gasteiger partial charge in [0.05, 0.1) is 22.4 Å². The fraction of sp³-hybridized carbons (Fsp3) is 0. The van der Waals surface area contributed by atoms with E-state index >= 15 is 0 Å². The van der Waals surface area contributed by atoms with Crippen LogP contribution >= 0.6 is 0 Å². The Hall–Kier alpha value is -7.68. The van der Waals surface area contributed by atoms with Crippen molar-refractivity contribution in [2.45, 2.75) is 0 Å². The van der Waals surface area contributed by atoms with Gasteiger partial charge in [-0.3, -0.25) is 0 Å². The molecule has 0 radical (unpaired) electrons. The van der Waals surface area contributed by atoms with Gasteiger partial charge >= 0.3 is 0 Å². The molecule has 11 rings (SSSR count). The van der Waals surface area contributed by atoms with Gasteiger partial charge in [0.15, 0.2) is 0 Å². The van der Waals surface area contributed by atoms with Gasteiger partial charge in [0.1, 0.15) is 0 Å². The van der Waals surface area contributed by atoms with Crippen LogP contribution in [-0.2, 0) is 0 Å². The highest BCUT2D eigenvalue weighted by Crippen LogP contribution is 2.47. The normalized spacial score (nSPS) is 11.4. The van der Waals surface area contributed by atoms with Crippen molar-refractivity contribution in [2.24, 2.45) is 0 Å². The quantitative estimate of drug-likeness (QED) is 0.158. The zero-order chi connectivity index (χ0) is 38.4. The summed E-state index contributed by atoms with van der Waals surface area (Å²) >= 11 is 0. The summed E-state index contributed by atoms with van der Waals surface area (Å²) in [7, 11) is 0. The average molecular weight is 739 g/mol. The number of rotatable bonds is 7. The molecule has 0 saturated carbocycles. The molecule has 1 heterocycles. The molecule has 0 spiro atoms. The summed E-state index contributed by atoms with van der Waals surface area (Å²) < 4.78 is 2.46. The number of anilines is 3. The first-order valence-electron chi connectivity index (χ1n) is 19.9. The number of hydrogen-bond donors (Lipinski definition) is 0. The minimum Gasteiger partial charge on any atom is -0.310 e. The van der Waals surface area contributed by atoms with E-state index in [0.717, 1.165) is 28.3 Å². The predicted octanol–water partition coefficient (Wildman–Crippen LogP) is 15.6. The van der Waals surface area contributed by atoms with Crippen LogP contribution in [0, 0.1) is 0 Å². The molecule has 0 amide bonds. The lowest BCUT2D eigenvalue weighted by Crippen LogP contribution is -2.12. The van der Waals surface area contributed by atoms with E-state index in [1.54, 1.807) is 0 Å². The molecule has 0 bridgehead atoms. The number of hydrogen-bond acceptors (Lipinski definition) is 1. The number of aromatic nitrogens is 1. The van der Waals surface area contributed by atoms with Gasteiger partial charge in [-0.05, 0) is 92.3 Å². The molecule has 0 aliphatic carbocycles. The summed E-state index contributed by atoms with van der Waals surface area (Å²) in [4.78, 5) is 2.45. The molecule has 11 aromatic rings. The first kappa shape index (κ1) is 33.6. The molecule has 0 atom stereocenters.